The second-order valence-corrected chi connectivity index (χ2v) is 5.87. The van der Waals surface area contributed by atoms with E-state index in [-0.39, 0.29) is 11.3 Å². The first-order valence-corrected chi connectivity index (χ1v) is 6.41. The van der Waals surface area contributed by atoms with E-state index in [2.05, 4.69) is 43.2 Å². The molecule has 0 aromatic carbocycles. The van der Waals surface area contributed by atoms with Crippen LogP contribution in [0.5, 0.6) is 0 Å². The van der Waals surface area contributed by atoms with Crippen molar-refractivity contribution in [1.82, 2.24) is 15.5 Å². The average molecular weight is 243 g/mol. The molecule has 0 spiro atoms. The molecule has 4 heteroatoms. The molecule has 0 fully saturated rings. The van der Waals surface area contributed by atoms with Gasteiger partial charge in [0.25, 0.3) is 0 Å². The van der Waals surface area contributed by atoms with Crippen molar-refractivity contribution in [3.63, 3.8) is 0 Å². The number of nitrogens with one attached hydrogen (secondary N) is 2. The quantitative estimate of drug-likeness (QED) is 0.670. The fourth-order valence-corrected chi connectivity index (χ4v) is 1.72. The SMILES string of the molecule is CCC(C)NCC(=O)NCC(C)(C)CN(C)C. The summed E-state index contributed by atoms with van der Waals surface area (Å²) in [6.45, 7) is 10.6. The summed E-state index contributed by atoms with van der Waals surface area (Å²) in [4.78, 5) is 13.8. The Morgan fingerprint density at radius 3 is 2.41 bits per heavy atom. The van der Waals surface area contributed by atoms with Gasteiger partial charge in [-0.2, -0.15) is 0 Å². The molecule has 2 N–H and O–H groups in total. The van der Waals surface area contributed by atoms with Crippen LogP contribution in [0.2, 0.25) is 0 Å². The average Bonchev–Trinajstić information content (AvgIpc) is 2.21. The van der Waals surface area contributed by atoms with Crippen molar-refractivity contribution in [2.75, 3.05) is 33.7 Å². The van der Waals surface area contributed by atoms with E-state index in [1.165, 1.54) is 0 Å². The highest BCUT2D eigenvalue weighted by molar-refractivity contribution is 5.78. The monoisotopic (exact) mass is 243 g/mol. The molecule has 0 aromatic heterocycles. The smallest absolute Gasteiger partial charge is 0.233 e. The molecule has 102 valence electrons. The first-order chi connectivity index (χ1) is 7.76. The van der Waals surface area contributed by atoms with E-state index in [0.717, 1.165) is 13.0 Å². The third-order valence-corrected chi connectivity index (χ3v) is 2.73. The molecular weight excluding hydrogens is 214 g/mol. The first-order valence-electron chi connectivity index (χ1n) is 6.41. The molecule has 0 aromatic rings. The predicted octanol–water partition coefficient (Wildman–Crippen LogP) is 1.08. The first kappa shape index (κ1) is 16.4. The molecule has 0 radical (unpaired) electrons. The van der Waals surface area contributed by atoms with Crippen molar-refractivity contribution in [1.29, 1.82) is 0 Å². The zero-order valence-electron chi connectivity index (χ0n) is 12.3. The lowest BCUT2D eigenvalue weighted by Crippen LogP contribution is -2.44. The standard InChI is InChI=1S/C13H29N3O/c1-7-11(2)14-8-12(17)15-9-13(3,4)10-16(5)6/h11,14H,7-10H2,1-6H3,(H,15,17). The summed E-state index contributed by atoms with van der Waals surface area (Å²) >= 11 is 0. The van der Waals surface area contributed by atoms with E-state index < -0.39 is 0 Å². The van der Waals surface area contributed by atoms with Gasteiger partial charge < -0.3 is 15.5 Å². The molecule has 4 nitrogen and oxygen atoms in total. The van der Waals surface area contributed by atoms with Crippen LogP contribution in [0.25, 0.3) is 0 Å². The number of amides is 1. The summed E-state index contributed by atoms with van der Waals surface area (Å²) in [5, 5.41) is 6.17. The Bertz CT molecular complexity index is 227. The molecule has 0 heterocycles. The van der Waals surface area contributed by atoms with Crippen LogP contribution in [0.4, 0.5) is 0 Å². The van der Waals surface area contributed by atoms with Crippen LogP contribution < -0.4 is 10.6 Å². The molecule has 0 aliphatic rings. The van der Waals surface area contributed by atoms with Gasteiger partial charge in [-0.15, -0.1) is 0 Å². The Kier molecular flexibility index (Phi) is 7.39. The van der Waals surface area contributed by atoms with Gasteiger partial charge in [0.15, 0.2) is 0 Å². The predicted molar refractivity (Wildman–Crippen MR) is 73.1 cm³/mol. The van der Waals surface area contributed by atoms with Gasteiger partial charge in [-0.3, -0.25) is 4.79 Å². The Morgan fingerprint density at radius 2 is 1.94 bits per heavy atom. The number of carbonyl (C=O) groups is 1. The van der Waals surface area contributed by atoms with Gasteiger partial charge >= 0.3 is 0 Å². The largest absolute Gasteiger partial charge is 0.354 e. The van der Waals surface area contributed by atoms with Crippen molar-refractivity contribution < 1.29 is 4.79 Å². The fraction of sp³-hybridized carbons (Fsp3) is 0.923. The summed E-state index contributed by atoms with van der Waals surface area (Å²) < 4.78 is 0. The van der Waals surface area contributed by atoms with Crippen LogP contribution in [0.3, 0.4) is 0 Å². The zero-order chi connectivity index (χ0) is 13.5. The zero-order valence-corrected chi connectivity index (χ0v) is 12.3. The molecule has 0 saturated heterocycles. The molecule has 0 saturated carbocycles. The number of nitrogens with zero attached hydrogens (tertiary/aromatic N) is 1. The summed E-state index contributed by atoms with van der Waals surface area (Å²) in [5.41, 5.74) is 0.107. The van der Waals surface area contributed by atoms with Gasteiger partial charge in [0, 0.05) is 19.1 Å². The topological polar surface area (TPSA) is 44.4 Å². The lowest BCUT2D eigenvalue weighted by molar-refractivity contribution is -0.120. The molecule has 0 aliphatic carbocycles. The summed E-state index contributed by atoms with van der Waals surface area (Å²) in [6.07, 6.45) is 1.04. The molecule has 1 atom stereocenters. The molecular formula is C13H29N3O. The van der Waals surface area contributed by atoms with Crippen LogP contribution in [-0.4, -0.2) is 50.6 Å². The third kappa shape index (κ3) is 9.12. The molecule has 1 amide bonds. The Morgan fingerprint density at radius 1 is 1.35 bits per heavy atom. The summed E-state index contributed by atoms with van der Waals surface area (Å²) in [5.74, 6) is 0.0807. The fourth-order valence-electron chi connectivity index (χ4n) is 1.72. The maximum Gasteiger partial charge on any atom is 0.233 e. The molecule has 17 heavy (non-hydrogen) atoms. The van der Waals surface area contributed by atoms with E-state index in [4.69, 9.17) is 0 Å². The molecule has 1 unspecified atom stereocenters. The van der Waals surface area contributed by atoms with E-state index in [1.807, 2.05) is 14.1 Å². The Hall–Kier alpha value is -0.610. The van der Waals surface area contributed by atoms with Crippen LogP contribution in [0, 0.1) is 5.41 Å². The highest BCUT2D eigenvalue weighted by Crippen LogP contribution is 2.13. The minimum absolute atomic E-state index is 0.0807. The van der Waals surface area contributed by atoms with Gasteiger partial charge in [-0.1, -0.05) is 20.8 Å². The van der Waals surface area contributed by atoms with Crippen LogP contribution >= 0.6 is 0 Å². The van der Waals surface area contributed by atoms with E-state index in [0.29, 0.717) is 19.1 Å². The third-order valence-electron chi connectivity index (χ3n) is 2.73. The van der Waals surface area contributed by atoms with Crippen molar-refractivity contribution in [2.45, 2.75) is 40.2 Å². The molecule has 0 rings (SSSR count). The number of hydrogen-bond donors (Lipinski definition) is 2. The van der Waals surface area contributed by atoms with Crippen LogP contribution in [-0.2, 0) is 4.79 Å². The van der Waals surface area contributed by atoms with E-state index in [1.54, 1.807) is 0 Å². The number of carbonyl (C=O) groups excluding carboxylic acids is 1. The van der Waals surface area contributed by atoms with Crippen LogP contribution in [0.1, 0.15) is 34.1 Å². The van der Waals surface area contributed by atoms with Crippen molar-refractivity contribution in [3.05, 3.63) is 0 Å². The van der Waals surface area contributed by atoms with Crippen molar-refractivity contribution >= 4 is 5.91 Å². The minimum atomic E-state index is 0.0807. The normalized spacial score (nSPS) is 13.8. The number of hydrogen-bond acceptors (Lipinski definition) is 3. The van der Waals surface area contributed by atoms with E-state index in [9.17, 15) is 4.79 Å². The summed E-state index contributed by atoms with van der Waals surface area (Å²) in [7, 11) is 4.10. The molecule has 0 aliphatic heterocycles. The van der Waals surface area contributed by atoms with E-state index >= 15 is 0 Å². The maximum absolute atomic E-state index is 11.6. The number of rotatable bonds is 8. The Balaban J connectivity index is 3.83. The van der Waals surface area contributed by atoms with Crippen LogP contribution in [0.15, 0.2) is 0 Å². The van der Waals surface area contributed by atoms with Gasteiger partial charge in [0.1, 0.15) is 0 Å². The second kappa shape index (κ2) is 7.67. The minimum Gasteiger partial charge on any atom is -0.354 e. The van der Waals surface area contributed by atoms with Gasteiger partial charge in [0.2, 0.25) is 5.91 Å². The second-order valence-electron chi connectivity index (χ2n) is 5.87. The lowest BCUT2D eigenvalue weighted by atomic mass is 9.93. The van der Waals surface area contributed by atoms with Gasteiger partial charge in [-0.05, 0) is 32.9 Å². The summed E-state index contributed by atoms with van der Waals surface area (Å²) in [6, 6.07) is 0.399. The van der Waals surface area contributed by atoms with Crippen molar-refractivity contribution in [2.24, 2.45) is 5.41 Å². The van der Waals surface area contributed by atoms with Gasteiger partial charge in [-0.25, -0.2) is 0 Å². The van der Waals surface area contributed by atoms with Gasteiger partial charge in [0.05, 0.1) is 6.54 Å². The maximum atomic E-state index is 11.6. The molecule has 0 bridgehead atoms. The Labute approximate surface area is 106 Å². The van der Waals surface area contributed by atoms with Crippen molar-refractivity contribution in [3.8, 4) is 0 Å². The highest BCUT2D eigenvalue weighted by Gasteiger charge is 2.19. The highest BCUT2D eigenvalue weighted by atomic mass is 16.1. The lowest BCUT2D eigenvalue weighted by Gasteiger charge is -2.28.